The van der Waals surface area contributed by atoms with Gasteiger partial charge < -0.3 is 30.1 Å². The molecule has 3 heterocycles. The van der Waals surface area contributed by atoms with Gasteiger partial charge in [-0.2, -0.15) is 4.98 Å². The molecule has 2 aromatic rings. The van der Waals surface area contributed by atoms with Gasteiger partial charge in [0.05, 0.1) is 18.8 Å². The lowest BCUT2D eigenvalue weighted by atomic mass is 10.0. The summed E-state index contributed by atoms with van der Waals surface area (Å²) in [5, 5.41) is 14.3. The number of aliphatic hydroxyl groups is 1. The van der Waals surface area contributed by atoms with Crippen LogP contribution in [0.5, 0.6) is 5.88 Å². The molecule has 32 heavy (non-hydrogen) atoms. The molecule has 0 unspecified atom stereocenters. The molecule has 170 valence electrons. The first-order valence-corrected chi connectivity index (χ1v) is 11.3. The molecule has 0 atom stereocenters. The van der Waals surface area contributed by atoms with Crippen LogP contribution in [0.1, 0.15) is 31.2 Å². The van der Waals surface area contributed by atoms with Crippen molar-refractivity contribution in [2.75, 3.05) is 49.7 Å². The zero-order valence-electron chi connectivity index (χ0n) is 18.1. The van der Waals surface area contributed by atoms with Crippen LogP contribution in [-0.4, -0.2) is 66.2 Å². The molecule has 1 spiro atoms. The van der Waals surface area contributed by atoms with E-state index in [1.807, 2.05) is 24.3 Å². The number of carbonyl (C=O) groups excluding carboxylic acids is 1. The summed E-state index contributed by atoms with van der Waals surface area (Å²) in [7, 11) is 0. The number of amides is 2. The Morgan fingerprint density at radius 2 is 1.91 bits per heavy atom. The second-order valence-corrected chi connectivity index (χ2v) is 8.57. The number of morpholine rings is 1. The van der Waals surface area contributed by atoms with Crippen molar-refractivity contribution in [3.63, 3.8) is 0 Å². The molecule has 0 bridgehead atoms. The summed E-state index contributed by atoms with van der Waals surface area (Å²) in [6.07, 6.45) is 4.69. The standard InChI is InChI=1S/C23H29N5O4/c29-13-1-10-24-22(30)25-17-4-2-16(3-5-17)19-26-20(28-11-14-31-15-12-28)18-6-7-23(8-9-23)32-21(18)27-19/h2-5,29H,1,6-15H2,(H2,24,25,30). The van der Waals surface area contributed by atoms with E-state index in [0.29, 0.717) is 43.6 Å². The van der Waals surface area contributed by atoms with Gasteiger partial charge in [0, 0.05) is 37.5 Å². The number of aromatic nitrogens is 2. The van der Waals surface area contributed by atoms with E-state index in [1.165, 1.54) is 0 Å². The number of hydrogen-bond donors (Lipinski definition) is 3. The molecular formula is C23H29N5O4. The monoisotopic (exact) mass is 439 g/mol. The van der Waals surface area contributed by atoms with Crippen molar-refractivity contribution in [3.8, 4) is 17.3 Å². The third-order valence-corrected chi connectivity index (χ3v) is 6.23. The third-order valence-electron chi connectivity index (χ3n) is 6.23. The Bertz CT molecular complexity index is 971. The fraction of sp³-hybridized carbons (Fsp3) is 0.522. The van der Waals surface area contributed by atoms with Crippen molar-refractivity contribution in [1.82, 2.24) is 15.3 Å². The highest BCUT2D eigenvalue weighted by molar-refractivity contribution is 5.89. The molecular weight excluding hydrogens is 410 g/mol. The first-order valence-electron chi connectivity index (χ1n) is 11.3. The van der Waals surface area contributed by atoms with E-state index in [4.69, 9.17) is 24.5 Å². The predicted octanol–water partition coefficient (Wildman–Crippen LogP) is 2.34. The maximum absolute atomic E-state index is 11.9. The molecule has 2 fully saturated rings. The maximum atomic E-state index is 11.9. The Hall–Kier alpha value is -2.91. The SMILES string of the molecule is O=C(NCCCO)Nc1ccc(-c2nc3c(c(N4CCOCC4)n2)CCC2(CC2)O3)cc1. The molecule has 3 aliphatic rings. The number of aliphatic hydroxyl groups excluding tert-OH is 1. The molecule has 9 nitrogen and oxygen atoms in total. The van der Waals surface area contributed by atoms with Gasteiger partial charge in [-0.25, -0.2) is 9.78 Å². The van der Waals surface area contributed by atoms with E-state index in [-0.39, 0.29) is 18.2 Å². The number of rotatable bonds is 6. The van der Waals surface area contributed by atoms with Gasteiger partial charge in [-0.1, -0.05) is 0 Å². The molecule has 1 aromatic heterocycles. The number of benzene rings is 1. The Morgan fingerprint density at radius 3 is 2.62 bits per heavy atom. The van der Waals surface area contributed by atoms with Crippen molar-refractivity contribution >= 4 is 17.5 Å². The highest BCUT2D eigenvalue weighted by atomic mass is 16.5. The number of fused-ring (bicyclic) bond motifs is 1. The highest BCUT2D eigenvalue weighted by Crippen LogP contribution is 2.49. The lowest BCUT2D eigenvalue weighted by Gasteiger charge is -2.33. The number of carbonyl (C=O) groups is 1. The number of urea groups is 1. The Balaban J connectivity index is 1.38. The van der Waals surface area contributed by atoms with Crippen molar-refractivity contribution < 1.29 is 19.4 Å². The normalized spacial score (nSPS) is 18.6. The number of nitrogens with zero attached hydrogens (tertiary/aromatic N) is 3. The summed E-state index contributed by atoms with van der Waals surface area (Å²) in [4.78, 5) is 23.9. The molecule has 9 heteroatoms. The van der Waals surface area contributed by atoms with Crippen LogP contribution in [0.3, 0.4) is 0 Å². The van der Waals surface area contributed by atoms with Crippen LogP contribution in [0, 0.1) is 0 Å². The molecule has 1 saturated heterocycles. The van der Waals surface area contributed by atoms with Gasteiger partial charge in [0.1, 0.15) is 11.4 Å². The maximum Gasteiger partial charge on any atom is 0.319 e. The summed E-state index contributed by atoms with van der Waals surface area (Å²) in [6.45, 7) is 3.48. The van der Waals surface area contributed by atoms with Crippen LogP contribution in [0.4, 0.5) is 16.3 Å². The molecule has 1 aliphatic carbocycles. The van der Waals surface area contributed by atoms with Crippen LogP contribution in [-0.2, 0) is 11.2 Å². The van der Waals surface area contributed by atoms with Crippen molar-refractivity contribution in [2.24, 2.45) is 0 Å². The van der Waals surface area contributed by atoms with Crippen molar-refractivity contribution in [1.29, 1.82) is 0 Å². The molecule has 1 saturated carbocycles. The minimum atomic E-state index is -0.297. The largest absolute Gasteiger partial charge is 0.471 e. The van der Waals surface area contributed by atoms with Crippen molar-refractivity contribution in [3.05, 3.63) is 29.8 Å². The van der Waals surface area contributed by atoms with E-state index < -0.39 is 0 Å². The highest BCUT2D eigenvalue weighted by Gasteiger charge is 2.48. The van der Waals surface area contributed by atoms with Crippen LogP contribution in [0.2, 0.25) is 0 Å². The van der Waals surface area contributed by atoms with E-state index >= 15 is 0 Å². The predicted molar refractivity (Wildman–Crippen MR) is 120 cm³/mol. The van der Waals surface area contributed by atoms with Gasteiger partial charge in [-0.15, -0.1) is 0 Å². The lowest BCUT2D eigenvalue weighted by molar-refractivity contribution is 0.121. The van der Waals surface area contributed by atoms with E-state index in [0.717, 1.165) is 55.7 Å². The smallest absolute Gasteiger partial charge is 0.319 e. The molecule has 5 rings (SSSR count). The Kier molecular flexibility index (Phi) is 5.84. The molecule has 0 radical (unpaired) electrons. The van der Waals surface area contributed by atoms with Gasteiger partial charge in [0.2, 0.25) is 5.88 Å². The summed E-state index contributed by atoms with van der Waals surface area (Å²) < 4.78 is 11.9. The second kappa shape index (κ2) is 8.91. The Labute approximate surface area is 187 Å². The van der Waals surface area contributed by atoms with Gasteiger partial charge in [0.15, 0.2) is 5.82 Å². The van der Waals surface area contributed by atoms with E-state index in [9.17, 15) is 4.79 Å². The van der Waals surface area contributed by atoms with Crippen LogP contribution in [0.15, 0.2) is 24.3 Å². The van der Waals surface area contributed by atoms with E-state index in [2.05, 4.69) is 15.5 Å². The molecule has 1 aromatic carbocycles. The minimum absolute atomic E-state index is 0.0158. The minimum Gasteiger partial charge on any atom is -0.471 e. The molecule has 2 aliphatic heterocycles. The molecule has 3 N–H and O–H groups in total. The first-order chi connectivity index (χ1) is 15.7. The van der Waals surface area contributed by atoms with Gasteiger partial charge in [-0.3, -0.25) is 0 Å². The van der Waals surface area contributed by atoms with Crippen LogP contribution < -0.4 is 20.3 Å². The Morgan fingerprint density at radius 1 is 1.12 bits per heavy atom. The quantitative estimate of drug-likeness (QED) is 0.593. The van der Waals surface area contributed by atoms with Crippen LogP contribution >= 0.6 is 0 Å². The average Bonchev–Trinajstić information content (AvgIpc) is 3.57. The third kappa shape index (κ3) is 4.49. The first kappa shape index (κ1) is 21.0. The summed E-state index contributed by atoms with van der Waals surface area (Å²) in [5.41, 5.74) is 2.63. The summed E-state index contributed by atoms with van der Waals surface area (Å²) in [6, 6.07) is 7.19. The topological polar surface area (TPSA) is 109 Å². The number of nitrogens with one attached hydrogen (secondary N) is 2. The molecule has 2 amide bonds. The number of anilines is 2. The zero-order valence-corrected chi connectivity index (χ0v) is 18.1. The fourth-order valence-corrected chi connectivity index (χ4v) is 4.18. The van der Waals surface area contributed by atoms with Gasteiger partial charge in [0.25, 0.3) is 0 Å². The van der Waals surface area contributed by atoms with Gasteiger partial charge in [-0.05, 0) is 56.4 Å². The average molecular weight is 440 g/mol. The van der Waals surface area contributed by atoms with Crippen molar-refractivity contribution in [2.45, 2.75) is 37.7 Å². The number of ether oxygens (including phenoxy) is 2. The second-order valence-electron chi connectivity index (χ2n) is 8.57. The summed E-state index contributed by atoms with van der Waals surface area (Å²) in [5.74, 6) is 2.29. The van der Waals surface area contributed by atoms with Crippen LogP contribution in [0.25, 0.3) is 11.4 Å². The van der Waals surface area contributed by atoms with E-state index in [1.54, 1.807) is 0 Å². The zero-order chi connectivity index (χ0) is 22.0. The summed E-state index contributed by atoms with van der Waals surface area (Å²) >= 11 is 0. The fourth-order valence-electron chi connectivity index (χ4n) is 4.18. The van der Waals surface area contributed by atoms with Gasteiger partial charge >= 0.3 is 6.03 Å². The lowest BCUT2D eigenvalue weighted by Crippen LogP contribution is -2.38. The number of hydrogen-bond acceptors (Lipinski definition) is 7.